The quantitative estimate of drug-likeness (QED) is 0.572. The Hall–Kier alpha value is -1.42. The summed E-state index contributed by atoms with van der Waals surface area (Å²) in [5.41, 5.74) is 1.24. The maximum absolute atomic E-state index is 10.6. The van der Waals surface area contributed by atoms with Crippen molar-refractivity contribution in [2.75, 3.05) is 0 Å². The average Bonchev–Trinajstić information content (AvgIpc) is 2.43. The molecule has 0 saturated carbocycles. The SMILES string of the molecule is CCC(C)CC(CC)NCc1ccc([N+](=O)[O-])cc1. The number of nitro benzene ring substituents is 1. The highest BCUT2D eigenvalue weighted by Crippen LogP contribution is 2.14. The van der Waals surface area contributed by atoms with Crippen molar-refractivity contribution < 1.29 is 4.92 Å². The summed E-state index contributed by atoms with van der Waals surface area (Å²) in [5.74, 6) is 0.731. The molecule has 0 radical (unpaired) electrons. The molecule has 1 aromatic rings. The molecule has 19 heavy (non-hydrogen) atoms. The Morgan fingerprint density at radius 2 is 1.84 bits per heavy atom. The average molecular weight is 264 g/mol. The van der Waals surface area contributed by atoms with Gasteiger partial charge in [0.05, 0.1) is 4.92 Å². The maximum atomic E-state index is 10.6. The highest BCUT2D eigenvalue weighted by molar-refractivity contribution is 5.32. The molecule has 4 heteroatoms. The minimum Gasteiger partial charge on any atom is -0.310 e. The second kappa shape index (κ2) is 7.89. The summed E-state index contributed by atoms with van der Waals surface area (Å²) < 4.78 is 0. The van der Waals surface area contributed by atoms with Crippen LogP contribution in [0.2, 0.25) is 0 Å². The summed E-state index contributed by atoms with van der Waals surface area (Å²) in [7, 11) is 0. The molecule has 0 aliphatic carbocycles. The lowest BCUT2D eigenvalue weighted by molar-refractivity contribution is -0.384. The van der Waals surface area contributed by atoms with Crippen LogP contribution in [0.25, 0.3) is 0 Å². The van der Waals surface area contributed by atoms with Gasteiger partial charge in [-0.25, -0.2) is 0 Å². The normalized spacial score (nSPS) is 14.1. The number of benzene rings is 1. The van der Waals surface area contributed by atoms with Crippen molar-refractivity contribution in [2.45, 2.75) is 52.6 Å². The van der Waals surface area contributed by atoms with E-state index in [2.05, 4.69) is 26.1 Å². The maximum Gasteiger partial charge on any atom is 0.269 e. The van der Waals surface area contributed by atoms with E-state index in [1.54, 1.807) is 12.1 Å². The smallest absolute Gasteiger partial charge is 0.269 e. The molecular formula is C15H24N2O2. The second-order valence-corrected chi connectivity index (χ2v) is 5.16. The van der Waals surface area contributed by atoms with E-state index >= 15 is 0 Å². The minimum atomic E-state index is -0.366. The van der Waals surface area contributed by atoms with Gasteiger partial charge < -0.3 is 5.32 Å². The summed E-state index contributed by atoms with van der Waals surface area (Å²) in [5, 5.41) is 14.1. The fourth-order valence-corrected chi connectivity index (χ4v) is 2.04. The van der Waals surface area contributed by atoms with Crippen LogP contribution in [0, 0.1) is 16.0 Å². The molecule has 2 atom stereocenters. The molecule has 1 N–H and O–H groups in total. The predicted molar refractivity (Wildman–Crippen MR) is 78.1 cm³/mol. The number of hydrogen-bond acceptors (Lipinski definition) is 3. The zero-order valence-electron chi connectivity index (χ0n) is 12.1. The summed E-state index contributed by atoms with van der Waals surface area (Å²) in [6, 6.07) is 7.28. The van der Waals surface area contributed by atoms with Crippen LogP contribution in [-0.2, 0) is 6.54 Å². The van der Waals surface area contributed by atoms with E-state index in [9.17, 15) is 10.1 Å². The molecule has 0 fully saturated rings. The molecule has 0 aromatic heterocycles. The van der Waals surface area contributed by atoms with Crippen LogP contribution in [0.3, 0.4) is 0 Å². The Morgan fingerprint density at radius 1 is 1.21 bits per heavy atom. The van der Waals surface area contributed by atoms with Crippen molar-refractivity contribution in [2.24, 2.45) is 5.92 Å². The third-order valence-electron chi connectivity index (χ3n) is 3.62. The van der Waals surface area contributed by atoms with Crippen LogP contribution in [0.5, 0.6) is 0 Å². The van der Waals surface area contributed by atoms with E-state index in [1.165, 1.54) is 12.8 Å². The lowest BCUT2D eigenvalue weighted by Gasteiger charge is -2.20. The van der Waals surface area contributed by atoms with Gasteiger partial charge >= 0.3 is 0 Å². The predicted octanol–water partition coefficient (Wildman–Crippen LogP) is 3.90. The van der Waals surface area contributed by atoms with E-state index in [-0.39, 0.29) is 10.6 Å². The van der Waals surface area contributed by atoms with Gasteiger partial charge in [-0.3, -0.25) is 10.1 Å². The lowest BCUT2D eigenvalue weighted by atomic mass is 9.97. The first-order valence-electron chi connectivity index (χ1n) is 7.03. The lowest BCUT2D eigenvalue weighted by Crippen LogP contribution is -2.29. The fourth-order valence-electron chi connectivity index (χ4n) is 2.04. The molecule has 0 heterocycles. The number of rotatable bonds is 8. The third-order valence-corrected chi connectivity index (χ3v) is 3.62. The van der Waals surface area contributed by atoms with Crippen LogP contribution in [0.15, 0.2) is 24.3 Å². The van der Waals surface area contributed by atoms with Crippen molar-refractivity contribution in [1.82, 2.24) is 5.32 Å². The topological polar surface area (TPSA) is 55.2 Å². The van der Waals surface area contributed by atoms with Gasteiger partial charge in [0.1, 0.15) is 0 Å². The Balaban J connectivity index is 2.48. The van der Waals surface area contributed by atoms with Crippen LogP contribution in [0.4, 0.5) is 5.69 Å². The van der Waals surface area contributed by atoms with Crippen molar-refractivity contribution in [3.05, 3.63) is 39.9 Å². The molecule has 0 aliphatic rings. The molecule has 0 aliphatic heterocycles. The van der Waals surface area contributed by atoms with Crippen molar-refractivity contribution in [3.8, 4) is 0 Å². The first-order chi connectivity index (χ1) is 9.06. The number of non-ortho nitro benzene ring substituents is 1. The van der Waals surface area contributed by atoms with E-state index in [0.717, 1.165) is 24.4 Å². The van der Waals surface area contributed by atoms with Gasteiger partial charge in [0.15, 0.2) is 0 Å². The van der Waals surface area contributed by atoms with E-state index in [0.29, 0.717) is 6.04 Å². The third kappa shape index (κ3) is 5.39. The molecule has 0 bridgehead atoms. The molecular weight excluding hydrogens is 240 g/mol. The van der Waals surface area contributed by atoms with E-state index in [1.807, 2.05) is 12.1 Å². The Kier molecular flexibility index (Phi) is 6.50. The van der Waals surface area contributed by atoms with Gasteiger partial charge in [0.25, 0.3) is 5.69 Å². The number of hydrogen-bond donors (Lipinski definition) is 1. The largest absolute Gasteiger partial charge is 0.310 e. The van der Waals surface area contributed by atoms with Gasteiger partial charge in [0.2, 0.25) is 0 Å². The van der Waals surface area contributed by atoms with Gasteiger partial charge in [0, 0.05) is 24.7 Å². The highest BCUT2D eigenvalue weighted by Gasteiger charge is 2.10. The molecule has 106 valence electrons. The number of nitro groups is 1. The zero-order chi connectivity index (χ0) is 14.3. The monoisotopic (exact) mass is 264 g/mol. The molecule has 0 amide bonds. The highest BCUT2D eigenvalue weighted by atomic mass is 16.6. The molecule has 0 saturated heterocycles. The summed E-state index contributed by atoms with van der Waals surface area (Å²) in [4.78, 5) is 10.2. The Labute approximate surface area is 115 Å². The first kappa shape index (κ1) is 15.6. The Bertz CT molecular complexity index is 390. The van der Waals surface area contributed by atoms with Gasteiger partial charge in [-0.1, -0.05) is 39.3 Å². The summed E-state index contributed by atoms with van der Waals surface area (Å²) in [6.07, 6.45) is 3.49. The van der Waals surface area contributed by atoms with Gasteiger partial charge in [-0.2, -0.15) is 0 Å². The minimum absolute atomic E-state index is 0.149. The fraction of sp³-hybridized carbons (Fsp3) is 0.600. The summed E-state index contributed by atoms with van der Waals surface area (Å²) >= 11 is 0. The molecule has 1 aromatic carbocycles. The zero-order valence-corrected chi connectivity index (χ0v) is 12.1. The van der Waals surface area contributed by atoms with Crippen LogP contribution in [0.1, 0.15) is 45.6 Å². The van der Waals surface area contributed by atoms with Crippen molar-refractivity contribution >= 4 is 5.69 Å². The van der Waals surface area contributed by atoms with Gasteiger partial charge in [-0.05, 0) is 24.3 Å². The first-order valence-corrected chi connectivity index (χ1v) is 7.03. The van der Waals surface area contributed by atoms with E-state index < -0.39 is 0 Å². The van der Waals surface area contributed by atoms with Gasteiger partial charge in [-0.15, -0.1) is 0 Å². The molecule has 2 unspecified atom stereocenters. The van der Waals surface area contributed by atoms with Crippen molar-refractivity contribution in [1.29, 1.82) is 0 Å². The molecule has 4 nitrogen and oxygen atoms in total. The van der Waals surface area contributed by atoms with Crippen LogP contribution < -0.4 is 5.32 Å². The standard InChI is InChI=1S/C15H24N2O2/c1-4-12(3)10-14(5-2)16-11-13-6-8-15(9-7-13)17(18)19/h6-9,12,14,16H,4-5,10-11H2,1-3H3. The second-order valence-electron chi connectivity index (χ2n) is 5.16. The molecule has 0 spiro atoms. The number of nitrogens with zero attached hydrogens (tertiary/aromatic N) is 1. The van der Waals surface area contributed by atoms with E-state index in [4.69, 9.17) is 0 Å². The summed E-state index contributed by atoms with van der Waals surface area (Å²) in [6.45, 7) is 7.45. The van der Waals surface area contributed by atoms with Crippen LogP contribution >= 0.6 is 0 Å². The number of nitrogens with one attached hydrogen (secondary N) is 1. The Morgan fingerprint density at radius 3 is 2.32 bits per heavy atom. The molecule has 1 rings (SSSR count). The van der Waals surface area contributed by atoms with Crippen molar-refractivity contribution in [3.63, 3.8) is 0 Å². The van der Waals surface area contributed by atoms with Crippen LogP contribution in [-0.4, -0.2) is 11.0 Å².